The summed E-state index contributed by atoms with van der Waals surface area (Å²) in [5.41, 5.74) is 4.72. The number of H-pyrrole nitrogens is 1. The van der Waals surface area contributed by atoms with Gasteiger partial charge in [0.25, 0.3) is 5.56 Å². The van der Waals surface area contributed by atoms with E-state index in [4.69, 9.17) is 5.73 Å². The van der Waals surface area contributed by atoms with Gasteiger partial charge in [-0.25, -0.2) is 4.79 Å². The third-order valence-electron chi connectivity index (χ3n) is 4.01. The van der Waals surface area contributed by atoms with E-state index in [1.807, 2.05) is 0 Å². The molecule has 1 fully saturated rings. The second-order valence-electron chi connectivity index (χ2n) is 5.30. The van der Waals surface area contributed by atoms with Crippen molar-refractivity contribution in [3.63, 3.8) is 0 Å². The van der Waals surface area contributed by atoms with Crippen molar-refractivity contribution in [1.29, 1.82) is 0 Å². The summed E-state index contributed by atoms with van der Waals surface area (Å²) in [6, 6.07) is 0. The number of nitrogens with zero attached hydrogens (tertiary/aromatic N) is 1. The number of aliphatic hydroxyl groups excluding tert-OH is 1. The Bertz CT molecular complexity index is 569. The standard InChI is InChI=1S/C12H20N4O3/c1-16-9(13)8(10(18)15-11(16)19)14-6-12(7-17)4-2-3-5-12/h14,17H,2-7,13H2,1H3,(H,15,18,19). The van der Waals surface area contributed by atoms with Gasteiger partial charge in [-0.3, -0.25) is 14.3 Å². The molecular weight excluding hydrogens is 248 g/mol. The number of rotatable bonds is 4. The maximum atomic E-state index is 11.7. The van der Waals surface area contributed by atoms with E-state index < -0.39 is 11.2 Å². The zero-order valence-electron chi connectivity index (χ0n) is 11.0. The molecule has 0 bridgehead atoms. The largest absolute Gasteiger partial charge is 0.396 e. The van der Waals surface area contributed by atoms with Crippen LogP contribution in [-0.4, -0.2) is 27.8 Å². The normalized spacial score (nSPS) is 17.6. The van der Waals surface area contributed by atoms with E-state index in [0.717, 1.165) is 25.7 Å². The lowest BCUT2D eigenvalue weighted by Crippen LogP contribution is -2.36. The van der Waals surface area contributed by atoms with Gasteiger partial charge in [-0.1, -0.05) is 12.8 Å². The maximum Gasteiger partial charge on any atom is 0.329 e. The fourth-order valence-corrected chi connectivity index (χ4v) is 2.60. The van der Waals surface area contributed by atoms with Crippen molar-refractivity contribution >= 4 is 11.5 Å². The van der Waals surface area contributed by atoms with Gasteiger partial charge in [-0.05, 0) is 12.8 Å². The highest BCUT2D eigenvalue weighted by molar-refractivity contribution is 5.60. The molecule has 0 amide bonds. The van der Waals surface area contributed by atoms with E-state index in [1.54, 1.807) is 0 Å². The highest BCUT2D eigenvalue weighted by Gasteiger charge is 2.33. The molecule has 1 heterocycles. The van der Waals surface area contributed by atoms with Crippen LogP contribution < -0.4 is 22.3 Å². The summed E-state index contributed by atoms with van der Waals surface area (Å²) in [6.07, 6.45) is 4.03. The number of nitrogens with one attached hydrogen (secondary N) is 2. The number of aromatic amines is 1. The van der Waals surface area contributed by atoms with Crippen molar-refractivity contribution in [1.82, 2.24) is 9.55 Å². The second kappa shape index (κ2) is 5.08. The molecular formula is C12H20N4O3. The van der Waals surface area contributed by atoms with E-state index in [-0.39, 0.29) is 23.5 Å². The van der Waals surface area contributed by atoms with Crippen LogP contribution >= 0.6 is 0 Å². The van der Waals surface area contributed by atoms with E-state index in [9.17, 15) is 14.7 Å². The Morgan fingerprint density at radius 3 is 2.63 bits per heavy atom. The number of hydrogen-bond acceptors (Lipinski definition) is 5. The molecule has 106 valence electrons. The first kappa shape index (κ1) is 13.7. The Balaban J connectivity index is 2.23. The molecule has 7 nitrogen and oxygen atoms in total. The minimum absolute atomic E-state index is 0.0869. The number of nitrogens with two attached hydrogens (primary N) is 1. The molecule has 0 saturated heterocycles. The van der Waals surface area contributed by atoms with E-state index in [2.05, 4.69) is 10.3 Å². The summed E-state index contributed by atoms with van der Waals surface area (Å²) in [7, 11) is 1.50. The number of aromatic nitrogens is 2. The summed E-state index contributed by atoms with van der Waals surface area (Å²) < 4.78 is 1.18. The molecule has 5 N–H and O–H groups in total. The van der Waals surface area contributed by atoms with Crippen LogP contribution in [0.4, 0.5) is 11.5 Å². The Morgan fingerprint density at radius 1 is 1.42 bits per heavy atom. The van der Waals surface area contributed by atoms with Crippen LogP contribution in [0, 0.1) is 5.41 Å². The van der Waals surface area contributed by atoms with E-state index in [1.165, 1.54) is 11.6 Å². The number of aliphatic hydroxyl groups is 1. The summed E-state index contributed by atoms with van der Waals surface area (Å²) in [5, 5.41) is 12.5. The minimum atomic E-state index is -0.536. The summed E-state index contributed by atoms with van der Waals surface area (Å²) in [5.74, 6) is 0.111. The van der Waals surface area contributed by atoms with Crippen molar-refractivity contribution in [2.24, 2.45) is 12.5 Å². The topological polar surface area (TPSA) is 113 Å². The van der Waals surface area contributed by atoms with Gasteiger partial charge in [0.1, 0.15) is 11.5 Å². The number of hydrogen-bond donors (Lipinski definition) is 4. The minimum Gasteiger partial charge on any atom is -0.396 e. The molecule has 0 aromatic carbocycles. The van der Waals surface area contributed by atoms with Gasteiger partial charge >= 0.3 is 5.69 Å². The third-order valence-corrected chi connectivity index (χ3v) is 4.01. The predicted octanol–water partition coefficient (Wildman–Crippen LogP) is -0.380. The highest BCUT2D eigenvalue weighted by Crippen LogP contribution is 2.37. The van der Waals surface area contributed by atoms with Crippen LogP contribution in [0.3, 0.4) is 0 Å². The van der Waals surface area contributed by atoms with Crippen molar-refractivity contribution in [3.05, 3.63) is 20.8 Å². The molecule has 19 heavy (non-hydrogen) atoms. The first-order valence-electron chi connectivity index (χ1n) is 6.43. The first-order valence-corrected chi connectivity index (χ1v) is 6.43. The van der Waals surface area contributed by atoms with Crippen molar-refractivity contribution < 1.29 is 5.11 Å². The van der Waals surface area contributed by atoms with Gasteiger partial charge in [0.15, 0.2) is 0 Å². The quantitative estimate of drug-likeness (QED) is 0.594. The van der Waals surface area contributed by atoms with E-state index in [0.29, 0.717) is 6.54 Å². The average Bonchev–Trinajstić information content (AvgIpc) is 2.85. The van der Waals surface area contributed by atoms with Gasteiger partial charge < -0.3 is 16.2 Å². The van der Waals surface area contributed by atoms with Crippen LogP contribution in [0.15, 0.2) is 9.59 Å². The van der Waals surface area contributed by atoms with Crippen molar-refractivity contribution in [2.75, 3.05) is 24.2 Å². The number of anilines is 2. The molecule has 0 spiro atoms. The Morgan fingerprint density at radius 2 is 2.05 bits per heavy atom. The molecule has 7 heteroatoms. The maximum absolute atomic E-state index is 11.7. The summed E-state index contributed by atoms with van der Waals surface area (Å²) >= 11 is 0. The summed E-state index contributed by atoms with van der Waals surface area (Å²) in [6.45, 7) is 0.568. The molecule has 2 rings (SSSR count). The van der Waals surface area contributed by atoms with Gasteiger partial charge in [-0.2, -0.15) is 0 Å². The van der Waals surface area contributed by atoms with Crippen LogP contribution in [0.25, 0.3) is 0 Å². The molecule has 1 aromatic rings. The average molecular weight is 268 g/mol. The van der Waals surface area contributed by atoms with Crippen LogP contribution in [-0.2, 0) is 7.05 Å². The third kappa shape index (κ3) is 2.51. The van der Waals surface area contributed by atoms with Crippen LogP contribution in [0.5, 0.6) is 0 Å². The van der Waals surface area contributed by atoms with Crippen LogP contribution in [0.2, 0.25) is 0 Å². The molecule has 0 aliphatic heterocycles. The van der Waals surface area contributed by atoms with Gasteiger partial charge in [0, 0.05) is 19.0 Å². The fourth-order valence-electron chi connectivity index (χ4n) is 2.60. The van der Waals surface area contributed by atoms with Gasteiger partial charge in [0.05, 0.1) is 6.61 Å². The number of nitrogen functional groups attached to an aromatic ring is 1. The highest BCUT2D eigenvalue weighted by atomic mass is 16.3. The lowest BCUT2D eigenvalue weighted by Gasteiger charge is -2.27. The Labute approximate surface area is 110 Å². The van der Waals surface area contributed by atoms with Gasteiger partial charge in [-0.15, -0.1) is 0 Å². The molecule has 1 aliphatic carbocycles. The molecule has 1 aromatic heterocycles. The van der Waals surface area contributed by atoms with Crippen LogP contribution in [0.1, 0.15) is 25.7 Å². The first-order chi connectivity index (χ1) is 8.99. The molecule has 1 saturated carbocycles. The smallest absolute Gasteiger partial charge is 0.329 e. The van der Waals surface area contributed by atoms with Crippen molar-refractivity contribution in [3.8, 4) is 0 Å². The monoisotopic (exact) mass is 268 g/mol. The fraction of sp³-hybridized carbons (Fsp3) is 0.667. The zero-order chi connectivity index (χ0) is 14.0. The second-order valence-corrected chi connectivity index (χ2v) is 5.30. The lowest BCUT2D eigenvalue weighted by molar-refractivity contribution is 0.142. The molecule has 0 unspecified atom stereocenters. The predicted molar refractivity (Wildman–Crippen MR) is 73.2 cm³/mol. The molecule has 0 radical (unpaired) electrons. The van der Waals surface area contributed by atoms with Gasteiger partial charge in [0.2, 0.25) is 0 Å². The Hall–Kier alpha value is -1.76. The van der Waals surface area contributed by atoms with Crippen molar-refractivity contribution in [2.45, 2.75) is 25.7 Å². The zero-order valence-corrected chi connectivity index (χ0v) is 11.0. The summed E-state index contributed by atoms with van der Waals surface area (Å²) in [4.78, 5) is 25.3. The molecule has 0 atom stereocenters. The molecule has 1 aliphatic rings. The SMILES string of the molecule is Cn1c(N)c(NCC2(CO)CCCC2)c(=O)[nH]c1=O. The Kier molecular flexibility index (Phi) is 3.66. The van der Waals surface area contributed by atoms with E-state index >= 15 is 0 Å². The lowest BCUT2D eigenvalue weighted by atomic mass is 9.87.